The van der Waals surface area contributed by atoms with Crippen molar-refractivity contribution in [2.75, 3.05) is 6.54 Å². The minimum Gasteiger partial charge on any atom is -0.480 e. The van der Waals surface area contributed by atoms with Crippen LogP contribution >= 0.6 is 0 Å². The van der Waals surface area contributed by atoms with E-state index in [0.717, 1.165) is 16.5 Å². The third-order valence-corrected chi connectivity index (χ3v) is 5.85. The lowest BCUT2D eigenvalue weighted by molar-refractivity contribution is -0.142. The summed E-state index contributed by atoms with van der Waals surface area (Å²) in [6.45, 7) is 4.02. The molecule has 1 aromatic carbocycles. The number of nitrogens with zero attached hydrogens (tertiary/aromatic N) is 1. The maximum atomic E-state index is 13.1. The van der Waals surface area contributed by atoms with Crippen molar-refractivity contribution >= 4 is 34.6 Å². The van der Waals surface area contributed by atoms with Gasteiger partial charge in [0.2, 0.25) is 11.8 Å². The van der Waals surface area contributed by atoms with Gasteiger partial charge in [0.25, 0.3) is 0 Å². The first-order chi connectivity index (χ1) is 16.1. The smallest absolute Gasteiger partial charge is 0.326 e. The van der Waals surface area contributed by atoms with E-state index < -0.39 is 35.9 Å². The number of amides is 2. The highest BCUT2D eigenvalue weighted by molar-refractivity contribution is 5.92. The zero-order valence-electron chi connectivity index (χ0n) is 19.6. The van der Waals surface area contributed by atoms with Gasteiger partial charge in [0.15, 0.2) is 5.96 Å². The van der Waals surface area contributed by atoms with Gasteiger partial charge in [0.05, 0.1) is 6.04 Å². The third kappa shape index (κ3) is 7.48. The average Bonchev–Trinajstić information content (AvgIpc) is 3.21. The molecule has 0 saturated carbocycles. The monoisotopic (exact) mass is 473 g/mol. The summed E-state index contributed by atoms with van der Waals surface area (Å²) in [5.74, 6) is -2.42. The minimum atomic E-state index is -1.19. The molecule has 1 aromatic heterocycles. The number of benzene rings is 1. The number of carbonyl (C=O) groups excluding carboxylic acids is 2. The number of nitrogens with two attached hydrogens (primary N) is 3. The normalized spacial score (nSPS) is 14.6. The molecule has 1 heterocycles. The molecule has 2 rings (SSSR count). The number of guanidine groups is 1. The molecule has 0 fully saturated rings. The van der Waals surface area contributed by atoms with Crippen LogP contribution in [0.1, 0.15) is 38.7 Å². The summed E-state index contributed by atoms with van der Waals surface area (Å²) in [7, 11) is 0. The van der Waals surface area contributed by atoms with Crippen LogP contribution in [0.2, 0.25) is 0 Å². The van der Waals surface area contributed by atoms with Crippen LogP contribution in [0, 0.1) is 5.92 Å². The van der Waals surface area contributed by atoms with Crippen LogP contribution in [0.15, 0.2) is 35.5 Å². The number of carboxylic acid groups (broad SMARTS) is 1. The summed E-state index contributed by atoms with van der Waals surface area (Å²) < 4.78 is 0. The van der Waals surface area contributed by atoms with Crippen molar-refractivity contribution in [3.8, 4) is 0 Å². The summed E-state index contributed by atoms with van der Waals surface area (Å²) >= 11 is 0. The molecular formula is C23H35N7O4. The van der Waals surface area contributed by atoms with Gasteiger partial charge in [-0.15, -0.1) is 0 Å². The summed E-state index contributed by atoms with van der Waals surface area (Å²) in [5.41, 5.74) is 18.3. The van der Waals surface area contributed by atoms with Crippen molar-refractivity contribution in [3.05, 3.63) is 36.0 Å². The number of aliphatic carboxylic acids is 1. The van der Waals surface area contributed by atoms with Crippen LogP contribution in [-0.2, 0) is 20.8 Å². The molecule has 34 heavy (non-hydrogen) atoms. The topological polar surface area (TPSA) is 202 Å². The molecule has 10 N–H and O–H groups in total. The first-order valence-electron chi connectivity index (χ1n) is 11.3. The zero-order valence-corrected chi connectivity index (χ0v) is 19.6. The molecule has 11 nitrogen and oxygen atoms in total. The molecule has 4 atom stereocenters. The van der Waals surface area contributed by atoms with Crippen LogP contribution in [0.5, 0.6) is 0 Å². The third-order valence-electron chi connectivity index (χ3n) is 5.85. The molecular weight excluding hydrogens is 438 g/mol. The van der Waals surface area contributed by atoms with E-state index in [9.17, 15) is 19.5 Å². The van der Waals surface area contributed by atoms with Gasteiger partial charge in [-0.1, -0.05) is 38.5 Å². The van der Waals surface area contributed by atoms with Crippen molar-refractivity contribution in [3.63, 3.8) is 0 Å². The number of carboxylic acids is 1. The molecule has 2 amide bonds. The van der Waals surface area contributed by atoms with E-state index in [1.54, 1.807) is 6.20 Å². The van der Waals surface area contributed by atoms with Gasteiger partial charge in [0.1, 0.15) is 12.1 Å². The molecule has 0 bridgehead atoms. The number of aromatic nitrogens is 1. The molecule has 0 unspecified atom stereocenters. The van der Waals surface area contributed by atoms with Gasteiger partial charge < -0.3 is 37.9 Å². The second-order valence-electron chi connectivity index (χ2n) is 8.38. The van der Waals surface area contributed by atoms with Crippen LogP contribution < -0.4 is 27.8 Å². The average molecular weight is 474 g/mol. The van der Waals surface area contributed by atoms with E-state index in [0.29, 0.717) is 12.8 Å². The molecule has 2 aromatic rings. The Kier molecular flexibility index (Phi) is 9.87. The minimum absolute atomic E-state index is 0.0755. The fourth-order valence-corrected chi connectivity index (χ4v) is 3.55. The van der Waals surface area contributed by atoms with E-state index in [1.165, 1.54) is 0 Å². The van der Waals surface area contributed by atoms with Crippen molar-refractivity contribution in [1.29, 1.82) is 0 Å². The number of para-hydroxylation sites is 1. The Labute approximate surface area is 198 Å². The van der Waals surface area contributed by atoms with Crippen molar-refractivity contribution in [1.82, 2.24) is 15.6 Å². The Morgan fingerprint density at radius 1 is 1.12 bits per heavy atom. The molecule has 0 aliphatic carbocycles. The largest absolute Gasteiger partial charge is 0.480 e. The molecule has 0 saturated heterocycles. The van der Waals surface area contributed by atoms with Crippen LogP contribution in [0.25, 0.3) is 10.9 Å². The number of hydrogen-bond acceptors (Lipinski definition) is 5. The van der Waals surface area contributed by atoms with Crippen LogP contribution in [0.3, 0.4) is 0 Å². The quantitative estimate of drug-likeness (QED) is 0.122. The van der Waals surface area contributed by atoms with Crippen LogP contribution in [0.4, 0.5) is 0 Å². The molecule has 11 heteroatoms. The molecule has 0 aliphatic heterocycles. The van der Waals surface area contributed by atoms with Crippen molar-refractivity contribution < 1.29 is 19.5 Å². The summed E-state index contributed by atoms with van der Waals surface area (Å²) in [6.07, 6.45) is 3.11. The lowest BCUT2D eigenvalue weighted by atomic mass is 9.98. The summed E-state index contributed by atoms with van der Waals surface area (Å²) in [5, 5.41) is 15.9. The molecule has 0 radical (unpaired) electrons. The SMILES string of the molecule is CC[C@H](C)[C@H](N)C(=O)N[C@@H](CCCN=C(N)N)C(=O)N[C@@H](Cc1c[nH]c2ccccc12)C(=O)O. The van der Waals surface area contributed by atoms with E-state index in [2.05, 4.69) is 20.6 Å². The predicted octanol–water partition coefficient (Wildman–Crippen LogP) is 0.192. The van der Waals surface area contributed by atoms with Crippen LogP contribution in [-0.4, -0.2) is 58.5 Å². The van der Waals surface area contributed by atoms with Crippen molar-refractivity contribution in [2.24, 2.45) is 28.1 Å². The Morgan fingerprint density at radius 3 is 2.44 bits per heavy atom. The maximum Gasteiger partial charge on any atom is 0.326 e. The Hall–Kier alpha value is -3.60. The number of rotatable bonds is 13. The predicted molar refractivity (Wildman–Crippen MR) is 131 cm³/mol. The highest BCUT2D eigenvalue weighted by Gasteiger charge is 2.29. The molecule has 0 aliphatic rings. The lowest BCUT2D eigenvalue weighted by Crippen LogP contribution is -2.55. The number of H-pyrrole nitrogens is 1. The Bertz CT molecular complexity index is 1020. The second kappa shape index (κ2) is 12.6. The highest BCUT2D eigenvalue weighted by atomic mass is 16.4. The lowest BCUT2D eigenvalue weighted by Gasteiger charge is -2.24. The number of carbonyl (C=O) groups is 3. The number of aliphatic imine (C=N–C) groups is 1. The summed E-state index contributed by atoms with van der Waals surface area (Å²) in [4.78, 5) is 44.6. The van der Waals surface area contributed by atoms with Gasteiger partial charge in [0, 0.05) is 30.1 Å². The second-order valence-corrected chi connectivity index (χ2v) is 8.38. The molecule has 0 spiro atoms. The Balaban J connectivity index is 2.14. The van der Waals surface area contributed by atoms with E-state index in [1.807, 2.05) is 38.1 Å². The first-order valence-corrected chi connectivity index (χ1v) is 11.3. The number of nitrogens with one attached hydrogen (secondary N) is 3. The highest BCUT2D eigenvalue weighted by Crippen LogP contribution is 2.19. The Morgan fingerprint density at radius 2 is 1.79 bits per heavy atom. The maximum absolute atomic E-state index is 13.1. The van der Waals surface area contributed by atoms with Crippen molar-refractivity contribution in [2.45, 2.75) is 57.7 Å². The van der Waals surface area contributed by atoms with E-state index in [4.69, 9.17) is 17.2 Å². The van der Waals surface area contributed by atoms with Gasteiger partial charge in [-0.3, -0.25) is 14.6 Å². The van der Waals surface area contributed by atoms with Gasteiger partial charge >= 0.3 is 5.97 Å². The summed E-state index contributed by atoms with van der Waals surface area (Å²) in [6, 6.07) is 4.53. The fourth-order valence-electron chi connectivity index (χ4n) is 3.55. The first kappa shape index (κ1) is 26.7. The standard InChI is InChI=1S/C23H35N7O4/c1-3-13(2)19(24)21(32)29-17(9-6-10-27-23(25)26)20(31)30-18(22(33)34)11-14-12-28-16-8-5-4-7-15(14)16/h4-5,7-8,12-13,17-19,28H,3,6,9-11,24H2,1-2H3,(H,29,32)(H,30,31)(H,33,34)(H4,25,26,27)/t13-,17-,18-,19-/m0/s1. The molecule has 186 valence electrons. The number of aromatic amines is 1. The van der Waals surface area contributed by atoms with E-state index in [-0.39, 0.29) is 31.3 Å². The fraction of sp³-hybridized carbons (Fsp3) is 0.478. The van der Waals surface area contributed by atoms with Gasteiger partial charge in [-0.05, 0) is 30.4 Å². The number of fused-ring (bicyclic) bond motifs is 1. The zero-order chi connectivity index (χ0) is 25.3. The number of hydrogen-bond donors (Lipinski definition) is 7. The van der Waals surface area contributed by atoms with Gasteiger partial charge in [-0.2, -0.15) is 0 Å². The van der Waals surface area contributed by atoms with E-state index >= 15 is 0 Å². The van der Waals surface area contributed by atoms with Gasteiger partial charge in [-0.25, -0.2) is 4.79 Å².